The summed E-state index contributed by atoms with van der Waals surface area (Å²) in [5.74, 6) is -0.0102. The van der Waals surface area contributed by atoms with Gasteiger partial charge < -0.3 is 10.4 Å². The van der Waals surface area contributed by atoms with Crippen LogP contribution >= 0.6 is 0 Å². The molecule has 18 heavy (non-hydrogen) atoms. The van der Waals surface area contributed by atoms with Gasteiger partial charge >= 0.3 is 5.97 Å². The van der Waals surface area contributed by atoms with Crippen molar-refractivity contribution in [3.63, 3.8) is 0 Å². The van der Waals surface area contributed by atoms with Crippen LogP contribution in [0.5, 0.6) is 0 Å². The Morgan fingerprint density at radius 1 is 1.33 bits per heavy atom. The van der Waals surface area contributed by atoms with Gasteiger partial charge in [0.1, 0.15) is 0 Å². The molecular weight excluding hydrogens is 230 g/mol. The number of carboxylic acids is 1. The van der Waals surface area contributed by atoms with Gasteiger partial charge in [0.2, 0.25) is 5.91 Å². The Balaban J connectivity index is 1.47. The lowest BCUT2D eigenvalue weighted by atomic mass is 9.67. The number of hydrogen-bond acceptors (Lipinski definition) is 2. The summed E-state index contributed by atoms with van der Waals surface area (Å²) in [7, 11) is 0. The molecule has 3 saturated carbocycles. The van der Waals surface area contributed by atoms with E-state index in [0.29, 0.717) is 11.8 Å². The van der Waals surface area contributed by atoms with E-state index in [1.165, 1.54) is 0 Å². The first kappa shape index (κ1) is 11.8. The van der Waals surface area contributed by atoms with E-state index in [2.05, 4.69) is 11.9 Å². The molecule has 4 heteroatoms. The second kappa shape index (κ2) is 3.59. The van der Waals surface area contributed by atoms with E-state index in [9.17, 15) is 9.59 Å². The Labute approximate surface area is 106 Å². The molecule has 3 aliphatic rings. The average Bonchev–Trinajstić information content (AvgIpc) is 3.07. The van der Waals surface area contributed by atoms with Gasteiger partial charge in [-0.3, -0.25) is 9.59 Å². The van der Waals surface area contributed by atoms with Crippen LogP contribution in [-0.4, -0.2) is 23.0 Å². The number of carbonyl (C=O) groups excluding carboxylic acids is 1. The molecule has 0 saturated heterocycles. The van der Waals surface area contributed by atoms with Gasteiger partial charge in [0.05, 0.1) is 11.3 Å². The summed E-state index contributed by atoms with van der Waals surface area (Å²) in [6, 6.07) is 0.220. The Hall–Kier alpha value is -1.32. The SMILES string of the molecule is C=C1CC(C)(C(=O)N[C@@H]2C[C@@H]2[C@@H]2C[C@@H]2C(=O)O)C1. The second-order valence-electron chi connectivity index (χ2n) is 6.49. The number of nitrogens with one attached hydrogen (secondary N) is 1. The first-order chi connectivity index (χ1) is 8.40. The minimum atomic E-state index is -0.681. The maximum atomic E-state index is 12.1. The molecule has 0 aromatic carbocycles. The lowest BCUT2D eigenvalue weighted by Crippen LogP contribution is -2.45. The van der Waals surface area contributed by atoms with Gasteiger partial charge in [-0.05, 0) is 37.5 Å². The molecule has 0 spiro atoms. The van der Waals surface area contributed by atoms with E-state index < -0.39 is 5.97 Å². The number of hydrogen-bond donors (Lipinski definition) is 2. The van der Waals surface area contributed by atoms with E-state index in [0.717, 1.165) is 31.3 Å². The van der Waals surface area contributed by atoms with Crippen LogP contribution < -0.4 is 5.32 Å². The van der Waals surface area contributed by atoms with Gasteiger partial charge in [0.15, 0.2) is 0 Å². The molecule has 0 unspecified atom stereocenters. The van der Waals surface area contributed by atoms with Crippen molar-refractivity contribution in [2.75, 3.05) is 0 Å². The number of rotatable bonds is 4. The third-order valence-electron chi connectivity index (χ3n) is 4.69. The standard InChI is InChI=1S/C14H19NO3/c1-7-5-14(2,6-7)13(18)15-11-4-9(11)8-3-10(8)12(16)17/h8-11H,1,3-6H2,2H3,(H,15,18)(H,16,17)/t8-,9+,10-,11+/m0/s1. The van der Waals surface area contributed by atoms with Crippen molar-refractivity contribution in [1.29, 1.82) is 0 Å². The molecule has 3 rings (SSSR count). The first-order valence-electron chi connectivity index (χ1n) is 6.61. The molecule has 1 amide bonds. The van der Waals surface area contributed by atoms with Gasteiger partial charge in [-0.15, -0.1) is 0 Å². The molecule has 3 fully saturated rings. The normalized spacial score (nSPS) is 39.7. The highest BCUT2D eigenvalue weighted by Gasteiger charge is 2.57. The largest absolute Gasteiger partial charge is 0.481 e. The number of carboxylic acid groups (broad SMARTS) is 1. The smallest absolute Gasteiger partial charge is 0.306 e. The molecule has 0 heterocycles. The van der Waals surface area contributed by atoms with Gasteiger partial charge in [0.25, 0.3) is 0 Å². The second-order valence-corrected chi connectivity index (χ2v) is 6.49. The summed E-state index contributed by atoms with van der Waals surface area (Å²) in [6.07, 6.45) is 3.33. The van der Waals surface area contributed by atoms with E-state index in [1.807, 2.05) is 6.92 Å². The quantitative estimate of drug-likeness (QED) is 0.743. The third-order valence-corrected chi connectivity index (χ3v) is 4.69. The van der Waals surface area contributed by atoms with Gasteiger partial charge in [-0.1, -0.05) is 19.1 Å². The molecule has 0 aliphatic heterocycles. The van der Waals surface area contributed by atoms with E-state index in [1.54, 1.807) is 0 Å². The Bertz CT molecular complexity index is 434. The zero-order chi connectivity index (χ0) is 13.1. The predicted molar refractivity (Wildman–Crippen MR) is 65.8 cm³/mol. The number of amides is 1. The molecule has 0 radical (unpaired) electrons. The Kier molecular flexibility index (Phi) is 2.34. The maximum absolute atomic E-state index is 12.1. The molecule has 0 aromatic rings. The zero-order valence-corrected chi connectivity index (χ0v) is 10.6. The van der Waals surface area contributed by atoms with E-state index in [-0.39, 0.29) is 23.3 Å². The number of allylic oxidation sites excluding steroid dienone is 1. The molecule has 3 aliphatic carbocycles. The minimum absolute atomic E-state index is 0.120. The lowest BCUT2D eigenvalue weighted by molar-refractivity contribution is -0.138. The monoisotopic (exact) mass is 249 g/mol. The topological polar surface area (TPSA) is 66.4 Å². The zero-order valence-electron chi connectivity index (χ0n) is 10.6. The highest BCUT2D eigenvalue weighted by molar-refractivity contribution is 5.85. The summed E-state index contributed by atoms with van der Waals surface area (Å²) >= 11 is 0. The van der Waals surface area contributed by atoms with Crippen LogP contribution in [0.1, 0.15) is 32.6 Å². The summed E-state index contributed by atoms with van der Waals surface area (Å²) in [5, 5.41) is 12.0. The predicted octanol–water partition coefficient (Wildman–Crippen LogP) is 1.57. The maximum Gasteiger partial charge on any atom is 0.306 e. The summed E-state index contributed by atoms with van der Waals surface area (Å²) in [4.78, 5) is 22.9. The van der Waals surface area contributed by atoms with Crippen molar-refractivity contribution in [3.05, 3.63) is 12.2 Å². The van der Waals surface area contributed by atoms with Crippen molar-refractivity contribution in [3.8, 4) is 0 Å². The minimum Gasteiger partial charge on any atom is -0.481 e. The van der Waals surface area contributed by atoms with Gasteiger partial charge in [-0.25, -0.2) is 0 Å². The Morgan fingerprint density at radius 2 is 2.00 bits per heavy atom. The van der Waals surface area contributed by atoms with Crippen LogP contribution in [0.3, 0.4) is 0 Å². The van der Waals surface area contributed by atoms with Crippen LogP contribution in [0, 0.1) is 23.2 Å². The Morgan fingerprint density at radius 3 is 2.50 bits per heavy atom. The fraction of sp³-hybridized carbons (Fsp3) is 0.714. The van der Waals surface area contributed by atoms with Gasteiger partial charge in [0, 0.05) is 6.04 Å². The average molecular weight is 249 g/mol. The van der Waals surface area contributed by atoms with Crippen molar-refractivity contribution in [2.24, 2.45) is 23.2 Å². The first-order valence-corrected chi connectivity index (χ1v) is 6.61. The summed E-state index contributed by atoms with van der Waals surface area (Å²) < 4.78 is 0. The summed E-state index contributed by atoms with van der Waals surface area (Å²) in [5.41, 5.74) is 0.883. The van der Waals surface area contributed by atoms with Crippen LogP contribution in [0.15, 0.2) is 12.2 Å². The molecular formula is C14H19NO3. The number of carbonyl (C=O) groups is 2. The highest BCUT2D eigenvalue weighted by atomic mass is 16.4. The van der Waals surface area contributed by atoms with Gasteiger partial charge in [-0.2, -0.15) is 0 Å². The molecule has 4 atom stereocenters. The molecule has 2 N–H and O–H groups in total. The molecule has 4 nitrogen and oxygen atoms in total. The highest BCUT2D eigenvalue weighted by Crippen LogP contribution is 2.55. The number of aliphatic carboxylic acids is 1. The van der Waals surface area contributed by atoms with E-state index in [4.69, 9.17) is 5.11 Å². The fourth-order valence-corrected chi connectivity index (χ4v) is 3.38. The molecule has 0 bridgehead atoms. The third kappa shape index (κ3) is 1.84. The van der Waals surface area contributed by atoms with Crippen molar-refractivity contribution >= 4 is 11.9 Å². The van der Waals surface area contributed by atoms with Crippen LogP contribution in [0.4, 0.5) is 0 Å². The van der Waals surface area contributed by atoms with Crippen LogP contribution in [0.25, 0.3) is 0 Å². The molecule has 98 valence electrons. The lowest BCUT2D eigenvalue weighted by Gasteiger charge is -2.38. The van der Waals surface area contributed by atoms with Crippen molar-refractivity contribution in [1.82, 2.24) is 5.32 Å². The fourth-order valence-electron chi connectivity index (χ4n) is 3.38. The van der Waals surface area contributed by atoms with Crippen LogP contribution in [0.2, 0.25) is 0 Å². The molecule has 0 aromatic heterocycles. The van der Waals surface area contributed by atoms with E-state index >= 15 is 0 Å². The van der Waals surface area contributed by atoms with Crippen LogP contribution in [-0.2, 0) is 9.59 Å². The van der Waals surface area contributed by atoms with Crippen molar-refractivity contribution < 1.29 is 14.7 Å². The van der Waals surface area contributed by atoms with Crippen molar-refractivity contribution in [2.45, 2.75) is 38.6 Å². The summed E-state index contributed by atoms with van der Waals surface area (Å²) in [6.45, 7) is 5.85.